The second kappa shape index (κ2) is 7.94. The van der Waals surface area contributed by atoms with Gasteiger partial charge >= 0.3 is 11.8 Å². The predicted octanol–water partition coefficient (Wildman–Crippen LogP) is 2.66. The Bertz CT molecular complexity index is 524. The zero-order chi connectivity index (χ0) is 21.4. The van der Waals surface area contributed by atoms with Crippen LogP contribution >= 0.6 is 0 Å². The topological polar surface area (TPSA) is 98.7 Å². The van der Waals surface area contributed by atoms with Gasteiger partial charge in [0, 0.05) is 0 Å². The molecule has 28 heavy (non-hydrogen) atoms. The molecule has 0 spiro atoms. The van der Waals surface area contributed by atoms with E-state index in [1.807, 2.05) is 41.5 Å². The van der Waals surface area contributed by atoms with Gasteiger partial charge in [0.2, 0.25) is 0 Å². The van der Waals surface area contributed by atoms with Gasteiger partial charge in [0.25, 0.3) is 0 Å². The van der Waals surface area contributed by atoms with Crippen LogP contribution in [-0.4, -0.2) is 45.3 Å². The standard InChI is InChI=1S/C22H40N2O4/c1-19(2,3)17(21(27)11-7-8-12-21)23-15(25)16(26)24-18(20(4,5)6)22(28)13-9-10-14-22/h17-18,27-28H,7-14H2,1-6H3,(H,23,25)(H,24,26)/t17-,18-/m1/s1. The number of hydrogen-bond acceptors (Lipinski definition) is 4. The van der Waals surface area contributed by atoms with Gasteiger partial charge in [0.05, 0.1) is 23.3 Å². The van der Waals surface area contributed by atoms with E-state index in [9.17, 15) is 19.8 Å². The highest BCUT2D eigenvalue weighted by atomic mass is 16.3. The van der Waals surface area contributed by atoms with E-state index in [0.717, 1.165) is 25.7 Å². The van der Waals surface area contributed by atoms with E-state index in [1.54, 1.807) is 0 Å². The summed E-state index contributed by atoms with van der Waals surface area (Å²) in [4.78, 5) is 25.5. The Kier molecular flexibility index (Phi) is 6.56. The molecule has 0 unspecified atom stereocenters. The monoisotopic (exact) mass is 396 g/mol. The Morgan fingerprint density at radius 3 is 1.14 bits per heavy atom. The van der Waals surface area contributed by atoms with Crippen LogP contribution in [0.2, 0.25) is 0 Å². The smallest absolute Gasteiger partial charge is 0.309 e. The summed E-state index contributed by atoms with van der Waals surface area (Å²) in [5, 5.41) is 27.7. The third-order valence-electron chi connectivity index (χ3n) is 6.50. The van der Waals surface area contributed by atoms with Crippen LogP contribution in [0, 0.1) is 10.8 Å². The molecule has 2 fully saturated rings. The first kappa shape index (κ1) is 23.1. The molecule has 0 aromatic rings. The molecule has 0 aliphatic heterocycles. The van der Waals surface area contributed by atoms with Crippen molar-refractivity contribution in [2.75, 3.05) is 0 Å². The number of hydrogen-bond donors (Lipinski definition) is 4. The molecule has 6 nitrogen and oxygen atoms in total. The normalized spacial score (nSPS) is 23.9. The molecule has 2 aliphatic rings. The second-order valence-corrected chi connectivity index (χ2v) is 11.2. The van der Waals surface area contributed by atoms with E-state index < -0.39 is 35.1 Å². The summed E-state index contributed by atoms with van der Waals surface area (Å²) in [6, 6.07) is -1.02. The lowest BCUT2D eigenvalue weighted by Gasteiger charge is -2.43. The summed E-state index contributed by atoms with van der Waals surface area (Å²) in [6.07, 6.45) is 6.19. The molecule has 0 saturated heterocycles. The van der Waals surface area contributed by atoms with Crippen molar-refractivity contribution in [3.8, 4) is 0 Å². The molecule has 0 aromatic heterocycles. The van der Waals surface area contributed by atoms with Crippen LogP contribution in [0.4, 0.5) is 0 Å². The molecule has 2 atom stereocenters. The molecular formula is C22H40N2O4. The molecule has 0 heterocycles. The molecule has 2 rings (SSSR count). The Morgan fingerprint density at radius 2 is 0.929 bits per heavy atom. The maximum atomic E-state index is 12.8. The maximum absolute atomic E-state index is 12.8. The molecule has 2 amide bonds. The van der Waals surface area contributed by atoms with E-state index in [-0.39, 0.29) is 10.8 Å². The summed E-state index contributed by atoms with van der Waals surface area (Å²) < 4.78 is 0. The van der Waals surface area contributed by atoms with Crippen LogP contribution in [0.25, 0.3) is 0 Å². The van der Waals surface area contributed by atoms with Crippen molar-refractivity contribution in [3.05, 3.63) is 0 Å². The molecule has 0 bridgehead atoms. The first-order valence-corrected chi connectivity index (χ1v) is 10.8. The van der Waals surface area contributed by atoms with Crippen LogP contribution in [0.3, 0.4) is 0 Å². The SMILES string of the molecule is CC(C)(C)[C@@H](NC(=O)C(=O)N[C@H](C(C)(C)C)C1(O)CCCC1)C1(O)CCCC1. The molecular weight excluding hydrogens is 356 g/mol. The molecule has 2 saturated carbocycles. The van der Waals surface area contributed by atoms with Gasteiger partial charge in [0.1, 0.15) is 0 Å². The summed E-state index contributed by atoms with van der Waals surface area (Å²) in [7, 11) is 0. The molecule has 0 radical (unpaired) electrons. The lowest BCUT2D eigenvalue weighted by Crippen LogP contribution is -2.63. The van der Waals surface area contributed by atoms with Gasteiger partial charge in [-0.05, 0) is 36.5 Å². The Labute approximate surface area is 169 Å². The maximum Gasteiger partial charge on any atom is 0.309 e. The first-order valence-electron chi connectivity index (χ1n) is 10.8. The van der Waals surface area contributed by atoms with E-state index in [1.165, 1.54) is 0 Å². The third-order valence-corrected chi connectivity index (χ3v) is 6.50. The number of carbonyl (C=O) groups is 2. The summed E-state index contributed by atoms with van der Waals surface area (Å²) in [6.45, 7) is 11.8. The first-order chi connectivity index (χ1) is 12.7. The highest BCUT2D eigenvalue weighted by molar-refractivity contribution is 6.35. The zero-order valence-corrected chi connectivity index (χ0v) is 18.5. The predicted molar refractivity (Wildman–Crippen MR) is 110 cm³/mol. The van der Waals surface area contributed by atoms with Crippen LogP contribution in [-0.2, 0) is 9.59 Å². The summed E-state index contributed by atoms with van der Waals surface area (Å²) >= 11 is 0. The van der Waals surface area contributed by atoms with Gasteiger partial charge in [-0.1, -0.05) is 67.2 Å². The molecule has 2 aliphatic carbocycles. The van der Waals surface area contributed by atoms with Crippen molar-refractivity contribution in [3.63, 3.8) is 0 Å². The minimum atomic E-state index is -0.985. The molecule has 6 heteroatoms. The van der Waals surface area contributed by atoms with Crippen LogP contribution in [0.15, 0.2) is 0 Å². The fraction of sp³-hybridized carbons (Fsp3) is 0.909. The average Bonchev–Trinajstić information content (AvgIpc) is 3.17. The summed E-state index contributed by atoms with van der Waals surface area (Å²) in [5.41, 5.74) is -2.74. The Hall–Kier alpha value is -1.14. The largest absolute Gasteiger partial charge is 0.388 e. The number of rotatable bonds is 4. The molecule has 4 N–H and O–H groups in total. The Morgan fingerprint density at radius 1 is 0.679 bits per heavy atom. The summed E-state index contributed by atoms with van der Waals surface area (Å²) in [5.74, 6) is -1.48. The van der Waals surface area contributed by atoms with Crippen molar-refractivity contribution in [2.24, 2.45) is 10.8 Å². The van der Waals surface area contributed by atoms with E-state index in [0.29, 0.717) is 25.7 Å². The number of carbonyl (C=O) groups excluding carboxylic acids is 2. The zero-order valence-electron chi connectivity index (χ0n) is 18.5. The van der Waals surface area contributed by atoms with E-state index in [2.05, 4.69) is 10.6 Å². The van der Waals surface area contributed by atoms with E-state index in [4.69, 9.17) is 0 Å². The van der Waals surface area contributed by atoms with Crippen molar-refractivity contribution < 1.29 is 19.8 Å². The van der Waals surface area contributed by atoms with Crippen molar-refractivity contribution in [2.45, 2.75) is 116 Å². The molecule has 162 valence electrons. The lowest BCUT2D eigenvalue weighted by molar-refractivity contribution is -0.144. The average molecular weight is 397 g/mol. The third kappa shape index (κ3) is 5.07. The highest BCUT2D eigenvalue weighted by Crippen LogP contribution is 2.40. The van der Waals surface area contributed by atoms with Crippen molar-refractivity contribution in [1.82, 2.24) is 10.6 Å². The van der Waals surface area contributed by atoms with Crippen molar-refractivity contribution in [1.29, 1.82) is 0 Å². The quantitative estimate of drug-likeness (QED) is 0.549. The lowest BCUT2D eigenvalue weighted by atomic mass is 9.74. The fourth-order valence-electron chi connectivity index (χ4n) is 5.26. The number of nitrogens with one attached hydrogen (secondary N) is 2. The number of amides is 2. The second-order valence-electron chi connectivity index (χ2n) is 11.2. The van der Waals surface area contributed by atoms with Gasteiger partial charge in [-0.3, -0.25) is 9.59 Å². The van der Waals surface area contributed by atoms with Crippen LogP contribution in [0.1, 0.15) is 92.9 Å². The van der Waals surface area contributed by atoms with Gasteiger partial charge in [-0.25, -0.2) is 0 Å². The van der Waals surface area contributed by atoms with Crippen LogP contribution < -0.4 is 10.6 Å². The molecule has 0 aromatic carbocycles. The van der Waals surface area contributed by atoms with Crippen molar-refractivity contribution >= 4 is 11.8 Å². The highest BCUT2D eigenvalue weighted by Gasteiger charge is 2.49. The van der Waals surface area contributed by atoms with Crippen LogP contribution in [0.5, 0.6) is 0 Å². The Balaban J connectivity index is 2.14. The van der Waals surface area contributed by atoms with E-state index >= 15 is 0 Å². The number of aliphatic hydroxyl groups is 2. The van der Waals surface area contributed by atoms with Gasteiger partial charge in [0.15, 0.2) is 0 Å². The minimum absolute atomic E-state index is 0.387. The fourth-order valence-corrected chi connectivity index (χ4v) is 5.26. The van der Waals surface area contributed by atoms with Gasteiger partial charge < -0.3 is 20.8 Å². The van der Waals surface area contributed by atoms with Gasteiger partial charge in [-0.15, -0.1) is 0 Å². The minimum Gasteiger partial charge on any atom is -0.388 e. The van der Waals surface area contributed by atoms with Gasteiger partial charge in [-0.2, -0.15) is 0 Å².